The lowest BCUT2D eigenvalue weighted by Crippen LogP contribution is -2.57. The molecule has 0 heterocycles. The van der Waals surface area contributed by atoms with Crippen molar-refractivity contribution < 1.29 is 14.6 Å². The van der Waals surface area contributed by atoms with Crippen molar-refractivity contribution in [3.63, 3.8) is 0 Å². The van der Waals surface area contributed by atoms with Gasteiger partial charge < -0.3 is 9.84 Å². The fourth-order valence-corrected chi connectivity index (χ4v) is 5.59. The second-order valence-corrected chi connectivity index (χ2v) is 8.48. The Labute approximate surface area is 129 Å². The Morgan fingerprint density at radius 1 is 1.19 bits per heavy atom. The summed E-state index contributed by atoms with van der Waals surface area (Å²) >= 11 is 0. The maximum atomic E-state index is 11.0. The number of aliphatic hydroxyl groups is 1. The molecule has 0 spiro atoms. The van der Waals surface area contributed by atoms with Crippen molar-refractivity contribution in [3.05, 3.63) is 0 Å². The largest absolute Gasteiger partial charge is 0.466 e. The van der Waals surface area contributed by atoms with Gasteiger partial charge in [0.2, 0.25) is 0 Å². The summed E-state index contributed by atoms with van der Waals surface area (Å²) in [5.74, 6) is 0.639. The van der Waals surface area contributed by atoms with Gasteiger partial charge in [-0.1, -0.05) is 27.2 Å². The Kier molecular flexibility index (Phi) is 4.45. The van der Waals surface area contributed by atoms with Gasteiger partial charge in [0.1, 0.15) is 0 Å². The van der Waals surface area contributed by atoms with Gasteiger partial charge in [-0.25, -0.2) is 0 Å². The van der Waals surface area contributed by atoms with Crippen molar-refractivity contribution in [1.82, 2.24) is 0 Å². The normalized spacial score (nSPS) is 42.2. The van der Waals surface area contributed by atoms with Crippen LogP contribution in [0.1, 0.15) is 73.1 Å². The third-order valence-corrected chi connectivity index (χ3v) is 6.47. The van der Waals surface area contributed by atoms with Crippen LogP contribution in [0.15, 0.2) is 0 Å². The zero-order chi connectivity index (χ0) is 15.9. The highest BCUT2D eigenvalue weighted by molar-refractivity contribution is 5.65. The van der Waals surface area contributed by atoms with E-state index >= 15 is 0 Å². The van der Waals surface area contributed by atoms with E-state index in [1.54, 1.807) is 0 Å². The Hall–Kier alpha value is -0.570. The lowest BCUT2D eigenvalue weighted by Gasteiger charge is -2.61. The number of carbonyl (C=O) groups excluding carboxylic acids is 1. The number of fused-ring (bicyclic) bond motifs is 1. The minimum atomic E-state index is -0.640. The summed E-state index contributed by atoms with van der Waals surface area (Å²) in [6.45, 7) is 11.0. The van der Waals surface area contributed by atoms with Crippen LogP contribution in [0.4, 0.5) is 0 Å². The fraction of sp³-hybridized carbons (Fsp3) is 0.944. The second-order valence-electron chi connectivity index (χ2n) is 8.48. The third-order valence-electron chi connectivity index (χ3n) is 6.47. The fourth-order valence-electron chi connectivity index (χ4n) is 5.59. The summed E-state index contributed by atoms with van der Waals surface area (Å²) in [4.78, 5) is 11.0. The summed E-state index contributed by atoms with van der Waals surface area (Å²) in [6, 6.07) is 0. The molecule has 2 aliphatic carbocycles. The quantitative estimate of drug-likeness (QED) is 0.803. The first-order chi connectivity index (χ1) is 9.59. The van der Waals surface area contributed by atoms with E-state index in [9.17, 15) is 9.90 Å². The molecule has 0 aromatic rings. The van der Waals surface area contributed by atoms with E-state index in [1.165, 1.54) is 26.2 Å². The van der Waals surface area contributed by atoms with Crippen molar-refractivity contribution in [3.8, 4) is 0 Å². The Morgan fingerprint density at radius 3 is 2.48 bits per heavy atom. The maximum Gasteiger partial charge on any atom is 0.302 e. The molecule has 2 saturated carbocycles. The lowest BCUT2D eigenvalue weighted by atomic mass is 9.45. The molecule has 21 heavy (non-hydrogen) atoms. The molecule has 0 amide bonds. The van der Waals surface area contributed by atoms with Crippen LogP contribution < -0.4 is 0 Å². The number of esters is 1. The van der Waals surface area contributed by atoms with Gasteiger partial charge >= 0.3 is 5.97 Å². The molecule has 3 heteroatoms. The number of hydrogen-bond donors (Lipinski definition) is 1. The molecule has 0 aromatic carbocycles. The molecule has 4 atom stereocenters. The van der Waals surface area contributed by atoms with E-state index < -0.39 is 5.60 Å². The van der Waals surface area contributed by atoms with Crippen LogP contribution in [0.25, 0.3) is 0 Å². The minimum absolute atomic E-state index is 0.156. The van der Waals surface area contributed by atoms with Crippen LogP contribution in [0, 0.1) is 22.7 Å². The Bertz CT molecular complexity index is 399. The van der Waals surface area contributed by atoms with Crippen molar-refractivity contribution >= 4 is 5.97 Å². The highest BCUT2D eigenvalue weighted by Gasteiger charge is 2.57. The van der Waals surface area contributed by atoms with Crippen molar-refractivity contribution in [2.75, 3.05) is 6.61 Å². The van der Waals surface area contributed by atoms with Crippen molar-refractivity contribution in [2.24, 2.45) is 22.7 Å². The first-order valence-electron chi connectivity index (χ1n) is 8.45. The van der Waals surface area contributed by atoms with E-state index in [-0.39, 0.29) is 17.3 Å². The SMILES string of the molecule is CC(=O)OCC[C@@H]1[C@@]2(C)CCCC(C)(C)[C@H]2CC[C@@]1(C)O. The second kappa shape index (κ2) is 5.57. The Balaban J connectivity index is 2.22. The molecule has 2 fully saturated rings. The van der Waals surface area contributed by atoms with E-state index in [4.69, 9.17) is 4.74 Å². The van der Waals surface area contributed by atoms with Crippen LogP contribution in [-0.4, -0.2) is 23.3 Å². The van der Waals surface area contributed by atoms with E-state index in [0.29, 0.717) is 17.9 Å². The maximum absolute atomic E-state index is 11.0. The lowest BCUT2D eigenvalue weighted by molar-refractivity contribution is -0.175. The zero-order valence-electron chi connectivity index (χ0n) is 14.4. The molecule has 122 valence electrons. The average Bonchev–Trinajstić information content (AvgIpc) is 2.31. The van der Waals surface area contributed by atoms with Crippen LogP contribution in [0.5, 0.6) is 0 Å². The van der Waals surface area contributed by atoms with Gasteiger partial charge in [-0.15, -0.1) is 0 Å². The number of rotatable bonds is 3. The molecule has 2 aliphatic rings. The van der Waals surface area contributed by atoms with Gasteiger partial charge in [-0.2, -0.15) is 0 Å². The van der Waals surface area contributed by atoms with Gasteiger partial charge in [0.25, 0.3) is 0 Å². The van der Waals surface area contributed by atoms with E-state index in [2.05, 4.69) is 20.8 Å². The average molecular weight is 296 g/mol. The van der Waals surface area contributed by atoms with Crippen molar-refractivity contribution in [1.29, 1.82) is 0 Å². The molecule has 0 bridgehead atoms. The number of ether oxygens (including phenoxy) is 1. The summed E-state index contributed by atoms with van der Waals surface area (Å²) in [7, 11) is 0. The topological polar surface area (TPSA) is 46.5 Å². The molecule has 1 N–H and O–H groups in total. The monoisotopic (exact) mass is 296 g/mol. The summed E-state index contributed by atoms with van der Waals surface area (Å²) < 4.78 is 5.16. The summed E-state index contributed by atoms with van der Waals surface area (Å²) in [5.41, 5.74) is -0.133. The summed E-state index contributed by atoms with van der Waals surface area (Å²) in [5, 5.41) is 10.9. The molecule has 0 aliphatic heterocycles. The molecular formula is C18H32O3. The predicted octanol–water partition coefficient (Wildman–Crippen LogP) is 3.93. The zero-order valence-corrected chi connectivity index (χ0v) is 14.4. The molecular weight excluding hydrogens is 264 g/mol. The molecule has 3 nitrogen and oxygen atoms in total. The first-order valence-corrected chi connectivity index (χ1v) is 8.45. The van der Waals surface area contributed by atoms with Gasteiger partial charge in [0.15, 0.2) is 0 Å². The van der Waals surface area contributed by atoms with Gasteiger partial charge in [0, 0.05) is 6.92 Å². The standard InChI is InChI=1S/C18H32O3/c1-13(19)21-12-8-15-17(4)10-6-9-16(2,3)14(17)7-11-18(15,5)20/h14-15,20H,6-12H2,1-5H3/t14-,15-,17+,18-/m1/s1. The van der Waals surface area contributed by atoms with Crippen LogP contribution in [-0.2, 0) is 9.53 Å². The van der Waals surface area contributed by atoms with Crippen LogP contribution >= 0.6 is 0 Å². The third kappa shape index (κ3) is 3.13. The minimum Gasteiger partial charge on any atom is -0.466 e. The Morgan fingerprint density at radius 2 is 1.86 bits per heavy atom. The highest BCUT2D eigenvalue weighted by Crippen LogP contribution is 2.62. The predicted molar refractivity (Wildman–Crippen MR) is 83.8 cm³/mol. The van der Waals surface area contributed by atoms with Crippen molar-refractivity contribution in [2.45, 2.75) is 78.7 Å². The van der Waals surface area contributed by atoms with Gasteiger partial charge in [0.05, 0.1) is 12.2 Å². The summed E-state index contributed by atoms with van der Waals surface area (Å²) in [6.07, 6.45) is 6.45. The molecule has 0 unspecified atom stereocenters. The number of hydrogen-bond acceptors (Lipinski definition) is 3. The molecule has 0 saturated heterocycles. The number of carbonyl (C=O) groups is 1. The molecule has 2 rings (SSSR count). The van der Waals surface area contributed by atoms with E-state index in [0.717, 1.165) is 19.3 Å². The molecule has 0 radical (unpaired) electrons. The van der Waals surface area contributed by atoms with Gasteiger partial charge in [-0.05, 0) is 61.7 Å². The van der Waals surface area contributed by atoms with Crippen LogP contribution in [0.2, 0.25) is 0 Å². The smallest absolute Gasteiger partial charge is 0.302 e. The van der Waals surface area contributed by atoms with Crippen LogP contribution in [0.3, 0.4) is 0 Å². The highest BCUT2D eigenvalue weighted by atomic mass is 16.5. The van der Waals surface area contributed by atoms with E-state index in [1.807, 2.05) is 6.92 Å². The van der Waals surface area contributed by atoms with Gasteiger partial charge in [-0.3, -0.25) is 4.79 Å². The molecule has 0 aromatic heterocycles. The first kappa shape index (κ1) is 16.8.